The van der Waals surface area contributed by atoms with Gasteiger partial charge in [0.05, 0.1) is 6.54 Å². The lowest BCUT2D eigenvalue weighted by atomic mass is 10.1. The molecule has 0 bridgehead atoms. The summed E-state index contributed by atoms with van der Waals surface area (Å²) in [7, 11) is 0. The maximum Gasteiger partial charge on any atom is 0.251 e. The minimum atomic E-state index is -0.0336. The number of benzene rings is 2. The van der Waals surface area contributed by atoms with E-state index in [-0.39, 0.29) is 5.91 Å². The first-order chi connectivity index (χ1) is 15.3. The van der Waals surface area contributed by atoms with Crippen LogP contribution >= 0.6 is 0 Å². The molecule has 4 aromatic rings. The minimum absolute atomic E-state index is 0.0336. The van der Waals surface area contributed by atoms with Crippen LogP contribution in [0, 0.1) is 0 Å². The molecule has 3 N–H and O–H groups in total. The predicted octanol–water partition coefficient (Wildman–Crippen LogP) is 3.40. The molecule has 0 aliphatic heterocycles. The van der Waals surface area contributed by atoms with Crippen molar-refractivity contribution in [2.45, 2.75) is 18.9 Å². The standard InChI is InChI=1S/C23H22N6O2/c30-23(27-17-10-11-17)16-8-6-15(7-9-16)20-28-19-21(25-14-26-22(19)29-20)24-12-13-31-18-4-2-1-3-5-18/h1-9,14,17H,10-13H2,(H,27,30)(H2,24,25,26,28,29). The molecule has 5 rings (SSSR count). The number of aromatic nitrogens is 4. The summed E-state index contributed by atoms with van der Waals surface area (Å²) < 4.78 is 5.71. The Bertz CT molecular complexity index is 1190. The van der Waals surface area contributed by atoms with Gasteiger partial charge >= 0.3 is 0 Å². The summed E-state index contributed by atoms with van der Waals surface area (Å²) in [5.74, 6) is 2.14. The Hall–Kier alpha value is -3.94. The van der Waals surface area contributed by atoms with Crippen LogP contribution in [0.4, 0.5) is 5.82 Å². The van der Waals surface area contributed by atoms with Crippen molar-refractivity contribution in [2.75, 3.05) is 18.5 Å². The van der Waals surface area contributed by atoms with E-state index in [0.29, 0.717) is 42.0 Å². The zero-order valence-corrected chi connectivity index (χ0v) is 16.8. The van der Waals surface area contributed by atoms with Gasteiger partial charge in [-0.05, 0) is 37.1 Å². The number of nitrogens with zero attached hydrogens (tertiary/aromatic N) is 3. The van der Waals surface area contributed by atoms with Crippen LogP contribution in [0.15, 0.2) is 60.9 Å². The van der Waals surface area contributed by atoms with Gasteiger partial charge in [0.15, 0.2) is 11.5 Å². The molecule has 1 aliphatic carbocycles. The topological polar surface area (TPSA) is 105 Å². The molecular weight excluding hydrogens is 392 g/mol. The number of carbonyl (C=O) groups excluding carboxylic acids is 1. The number of hydrogen-bond acceptors (Lipinski definition) is 6. The monoisotopic (exact) mass is 414 g/mol. The molecule has 8 heteroatoms. The van der Waals surface area contributed by atoms with E-state index in [0.717, 1.165) is 29.7 Å². The molecule has 31 heavy (non-hydrogen) atoms. The van der Waals surface area contributed by atoms with E-state index in [2.05, 4.69) is 30.6 Å². The number of imidazole rings is 1. The summed E-state index contributed by atoms with van der Waals surface area (Å²) in [6.45, 7) is 1.08. The fourth-order valence-corrected chi connectivity index (χ4v) is 3.23. The van der Waals surface area contributed by atoms with Crippen LogP contribution in [0.2, 0.25) is 0 Å². The SMILES string of the molecule is O=C(NC1CC1)c1ccc(-c2nc3ncnc(NCCOc4ccccc4)c3[nH]2)cc1. The lowest BCUT2D eigenvalue weighted by Crippen LogP contribution is -2.25. The lowest BCUT2D eigenvalue weighted by molar-refractivity contribution is 0.0951. The summed E-state index contributed by atoms with van der Waals surface area (Å²) >= 11 is 0. The normalized spacial score (nSPS) is 13.2. The van der Waals surface area contributed by atoms with Gasteiger partial charge in [-0.15, -0.1) is 0 Å². The van der Waals surface area contributed by atoms with Gasteiger partial charge in [0, 0.05) is 17.2 Å². The molecule has 2 aromatic carbocycles. The molecule has 8 nitrogen and oxygen atoms in total. The molecule has 0 radical (unpaired) electrons. The van der Waals surface area contributed by atoms with Crippen molar-refractivity contribution in [3.05, 3.63) is 66.5 Å². The molecule has 1 saturated carbocycles. The Labute approximate surface area is 179 Å². The Morgan fingerprint density at radius 2 is 1.87 bits per heavy atom. The first-order valence-electron chi connectivity index (χ1n) is 10.3. The van der Waals surface area contributed by atoms with Gasteiger partial charge in [0.1, 0.15) is 30.0 Å². The van der Waals surface area contributed by atoms with E-state index in [1.807, 2.05) is 54.6 Å². The number of nitrogens with one attached hydrogen (secondary N) is 3. The molecule has 0 unspecified atom stereocenters. The second-order valence-corrected chi connectivity index (χ2v) is 7.42. The summed E-state index contributed by atoms with van der Waals surface area (Å²) in [5, 5.41) is 6.26. The van der Waals surface area contributed by atoms with Gasteiger partial charge in [0.2, 0.25) is 0 Å². The van der Waals surface area contributed by atoms with Crippen LogP contribution in [0.3, 0.4) is 0 Å². The summed E-state index contributed by atoms with van der Waals surface area (Å²) in [6, 6.07) is 17.4. The molecular formula is C23H22N6O2. The molecule has 1 aliphatic rings. The molecule has 0 atom stereocenters. The maximum absolute atomic E-state index is 12.2. The largest absolute Gasteiger partial charge is 0.492 e. The minimum Gasteiger partial charge on any atom is -0.492 e. The number of ether oxygens (including phenoxy) is 1. The Morgan fingerprint density at radius 3 is 2.65 bits per heavy atom. The van der Waals surface area contributed by atoms with Crippen molar-refractivity contribution in [3.8, 4) is 17.1 Å². The van der Waals surface area contributed by atoms with Gasteiger partial charge in [-0.1, -0.05) is 30.3 Å². The van der Waals surface area contributed by atoms with Crippen LogP contribution in [0.5, 0.6) is 5.75 Å². The van der Waals surface area contributed by atoms with E-state index in [9.17, 15) is 4.79 Å². The third-order valence-electron chi connectivity index (χ3n) is 5.03. The smallest absolute Gasteiger partial charge is 0.251 e. The fraction of sp³-hybridized carbons (Fsp3) is 0.217. The van der Waals surface area contributed by atoms with Gasteiger partial charge in [-0.25, -0.2) is 15.0 Å². The summed E-state index contributed by atoms with van der Waals surface area (Å²) in [6.07, 6.45) is 3.62. The van der Waals surface area contributed by atoms with Crippen LogP contribution in [-0.2, 0) is 0 Å². The van der Waals surface area contributed by atoms with Crippen molar-refractivity contribution in [3.63, 3.8) is 0 Å². The predicted molar refractivity (Wildman–Crippen MR) is 118 cm³/mol. The quantitative estimate of drug-likeness (QED) is 0.382. The average molecular weight is 414 g/mol. The number of rotatable bonds is 8. The highest BCUT2D eigenvalue weighted by Gasteiger charge is 2.23. The summed E-state index contributed by atoms with van der Waals surface area (Å²) in [5.41, 5.74) is 2.83. The van der Waals surface area contributed by atoms with Crippen LogP contribution in [0.1, 0.15) is 23.2 Å². The Balaban J connectivity index is 1.27. The number of anilines is 1. The van der Waals surface area contributed by atoms with Crippen molar-refractivity contribution in [2.24, 2.45) is 0 Å². The summed E-state index contributed by atoms with van der Waals surface area (Å²) in [4.78, 5) is 28.6. The van der Waals surface area contributed by atoms with E-state index < -0.39 is 0 Å². The number of carbonyl (C=O) groups is 1. The van der Waals surface area contributed by atoms with E-state index in [1.165, 1.54) is 6.33 Å². The Morgan fingerprint density at radius 1 is 1.06 bits per heavy atom. The maximum atomic E-state index is 12.2. The number of H-pyrrole nitrogens is 1. The molecule has 0 spiro atoms. The van der Waals surface area contributed by atoms with E-state index in [4.69, 9.17) is 4.74 Å². The Kier molecular flexibility index (Phi) is 5.18. The number of hydrogen-bond donors (Lipinski definition) is 3. The molecule has 156 valence electrons. The molecule has 1 amide bonds. The number of fused-ring (bicyclic) bond motifs is 1. The highest BCUT2D eigenvalue weighted by atomic mass is 16.5. The van der Waals surface area contributed by atoms with E-state index >= 15 is 0 Å². The van der Waals surface area contributed by atoms with Crippen molar-refractivity contribution < 1.29 is 9.53 Å². The zero-order chi connectivity index (χ0) is 21.0. The van der Waals surface area contributed by atoms with Gasteiger partial charge in [-0.3, -0.25) is 4.79 Å². The van der Waals surface area contributed by atoms with Crippen LogP contribution in [-0.4, -0.2) is 45.0 Å². The van der Waals surface area contributed by atoms with Gasteiger partial charge in [0.25, 0.3) is 5.91 Å². The van der Waals surface area contributed by atoms with Crippen molar-refractivity contribution in [1.29, 1.82) is 0 Å². The van der Waals surface area contributed by atoms with Crippen molar-refractivity contribution >= 4 is 22.9 Å². The van der Waals surface area contributed by atoms with Crippen molar-refractivity contribution in [1.82, 2.24) is 25.3 Å². The highest BCUT2D eigenvalue weighted by molar-refractivity contribution is 5.95. The molecule has 0 saturated heterocycles. The third-order valence-corrected chi connectivity index (χ3v) is 5.03. The lowest BCUT2D eigenvalue weighted by Gasteiger charge is -2.08. The first kappa shape index (κ1) is 19.0. The number of para-hydroxylation sites is 1. The van der Waals surface area contributed by atoms with Crippen LogP contribution in [0.25, 0.3) is 22.6 Å². The zero-order valence-electron chi connectivity index (χ0n) is 16.8. The van der Waals surface area contributed by atoms with Crippen LogP contribution < -0.4 is 15.4 Å². The average Bonchev–Trinajstić information content (AvgIpc) is 3.51. The molecule has 2 heterocycles. The molecule has 2 aromatic heterocycles. The number of aromatic amines is 1. The second-order valence-electron chi connectivity index (χ2n) is 7.42. The fourth-order valence-electron chi connectivity index (χ4n) is 3.23. The first-order valence-corrected chi connectivity index (χ1v) is 10.3. The highest BCUT2D eigenvalue weighted by Crippen LogP contribution is 2.24. The molecule has 1 fully saturated rings. The van der Waals surface area contributed by atoms with E-state index in [1.54, 1.807) is 0 Å². The number of amides is 1. The second kappa shape index (κ2) is 8.43. The third kappa shape index (κ3) is 4.48. The van der Waals surface area contributed by atoms with Gasteiger partial charge in [-0.2, -0.15) is 0 Å². The van der Waals surface area contributed by atoms with Gasteiger partial charge < -0.3 is 20.4 Å².